The highest BCUT2D eigenvalue weighted by Crippen LogP contribution is 2.31. The molecule has 1 aromatic rings. The van der Waals surface area contributed by atoms with Crippen molar-refractivity contribution in [3.8, 4) is 0 Å². The molecule has 0 radical (unpaired) electrons. The second kappa shape index (κ2) is 6.03. The maximum atomic E-state index is 11.5. The first-order valence-electron chi connectivity index (χ1n) is 6.52. The monoisotopic (exact) mass is 283 g/mol. The van der Waals surface area contributed by atoms with Gasteiger partial charge in [0.1, 0.15) is 0 Å². The summed E-state index contributed by atoms with van der Waals surface area (Å²) in [7, 11) is 3.41. The Kier molecular flexibility index (Phi) is 4.60. The van der Waals surface area contributed by atoms with Gasteiger partial charge in [0.2, 0.25) is 0 Å². The highest BCUT2D eigenvalue weighted by molar-refractivity contribution is 7.11. The van der Waals surface area contributed by atoms with Gasteiger partial charge in [-0.25, -0.2) is 0 Å². The van der Waals surface area contributed by atoms with E-state index in [-0.39, 0.29) is 17.9 Å². The molecule has 0 aromatic carbocycles. The topological polar surface area (TPSA) is 49.8 Å². The molecule has 106 valence electrons. The van der Waals surface area contributed by atoms with Crippen LogP contribution in [0.5, 0.6) is 0 Å². The smallest absolute Gasteiger partial charge is 0.308 e. The third-order valence-electron chi connectivity index (χ3n) is 3.80. The Bertz CT molecular complexity index is 446. The quantitative estimate of drug-likeness (QED) is 0.856. The third kappa shape index (κ3) is 3.35. The zero-order valence-corrected chi connectivity index (χ0v) is 12.4. The molecule has 1 aromatic heterocycles. The number of aliphatic hydroxyl groups is 1. The maximum absolute atomic E-state index is 11.5. The van der Waals surface area contributed by atoms with E-state index in [2.05, 4.69) is 24.0 Å². The molecule has 0 spiro atoms. The number of rotatable bonds is 4. The number of aliphatic hydroxyl groups excluding tert-OH is 1. The summed E-state index contributed by atoms with van der Waals surface area (Å²) < 4.78 is 4.77. The summed E-state index contributed by atoms with van der Waals surface area (Å²) in [6.45, 7) is 2.90. The van der Waals surface area contributed by atoms with Crippen molar-refractivity contribution in [1.29, 1.82) is 0 Å². The number of hydrogen-bond donors (Lipinski definition) is 1. The molecule has 0 saturated heterocycles. The lowest BCUT2D eigenvalue weighted by Crippen LogP contribution is -2.36. The number of nitrogens with zero attached hydrogens (tertiary/aromatic N) is 1. The van der Waals surface area contributed by atoms with Gasteiger partial charge in [-0.1, -0.05) is 0 Å². The second-order valence-corrected chi connectivity index (χ2v) is 6.63. The van der Waals surface area contributed by atoms with Crippen LogP contribution in [0.25, 0.3) is 0 Å². The van der Waals surface area contributed by atoms with Crippen molar-refractivity contribution in [3.05, 3.63) is 21.9 Å². The third-order valence-corrected chi connectivity index (χ3v) is 4.78. The summed E-state index contributed by atoms with van der Waals surface area (Å²) in [6.07, 6.45) is 0.731. The molecular weight excluding hydrogens is 262 g/mol. The van der Waals surface area contributed by atoms with Crippen LogP contribution in [0.2, 0.25) is 0 Å². The zero-order valence-electron chi connectivity index (χ0n) is 11.6. The highest BCUT2D eigenvalue weighted by Gasteiger charge is 2.39. The summed E-state index contributed by atoms with van der Waals surface area (Å²) in [5.74, 6) is -0.376. The number of aryl methyl sites for hydroxylation is 1. The van der Waals surface area contributed by atoms with Gasteiger partial charge in [0, 0.05) is 22.3 Å². The van der Waals surface area contributed by atoms with Gasteiger partial charge in [-0.3, -0.25) is 9.69 Å². The normalized spacial score (nSPS) is 26.9. The molecule has 5 heteroatoms. The Labute approximate surface area is 118 Å². The first-order valence-corrected chi connectivity index (χ1v) is 7.34. The first kappa shape index (κ1) is 14.5. The summed E-state index contributed by atoms with van der Waals surface area (Å²) in [6, 6.07) is 4.26. The van der Waals surface area contributed by atoms with E-state index in [4.69, 9.17) is 4.74 Å². The van der Waals surface area contributed by atoms with E-state index in [1.165, 1.54) is 16.9 Å². The van der Waals surface area contributed by atoms with Crippen molar-refractivity contribution in [2.45, 2.75) is 38.5 Å². The minimum atomic E-state index is -0.449. The van der Waals surface area contributed by atoms with Gasteiger partial charge >= 0.3 is 5.97 Å². The fraction of sp³-hybridized carbons (Fsp3) is 0.643. The van der Waals surface area contributed by atoms with Crippen LogP contribution in [-0.2, 0) is 16.1 Å². The Morgan fingerprint density at radius 3 is 2.84 bits per heavy atom. The van der Waals surface area contributed by atoms with Gasteiger partial charge in [0.05, 0.1) is 19.1 Å². The van der Waals surface area contributed by atoms with Gasteiger partial charge in [-0.2, -0.15) is 0 Å². The van der Waals surface area contributed by atoms with Gasteiger partial charge in [0.15, 0.2) is 0 Å². The second-order valence-electron chi connectivity index (χ2n) is 5.25. The molecule has 0 aliphatic heterocycles. The fourth-order valence-corrected chi connectivity index (χ4v) is 3.71. The maximum Gasteiger partial charge on any atom is 0.308 e. The van der Waals surface area contributed by atoms with Crippen molar-refractivity contribution in [2.75, 3.05) is 14.2 Å². The van der Waals surface area contributed by atoms with E-state index in [0.717, 1.165) is 6.54 Å². The van der Waals surface area contributed by atoms with E-state index in [0.29, 0.717) is 12.8 Å². The van der Waals surface area contributed by atoms with Crippen LogP contribution in [0.15, 0.2) is 12.1 Å². The van der Waals surface area contributed by atoms with Crippen molar-refractivity contribution in [2.24, 2.45) is 5.92 Å². The summed E-state index contributed by atoms with van der Waals surface area (Å²) in [5.41, 5.74) is 0. The van der Waals surface area contributed by atoms with Crippen LogP contribution in [0.1, 0.15) is 22.6 Å². The predicted molar refractivity (Wildman–Crippen MR) is 75.1 cm³/mol. The number of likely N-dealkylation sites (N-methyl/N-ethyl adjacent to an activating group) is 1. The SMILES string of the molecule is COC(=O)[C@@H]1C[C@@H](O)[C@H](N(C)Cc2ccc(C)s2)C1. The summed E-state index contributed by atoms with van der Waals surface area (Å²) in [5, 5.41) is 10.1. The number of carbonyl (C=O) groups is 1. The fourth-order valence-electron chi connectivity index (χ4n) is 2.76. The predicted octanol–water partition coefficient (Wildman–Crippen LogP) is 1.80. The lowest BCUT2D eigenvalue weighted by molar-refractivity contribution is -0.145. The van der Waals surface area contributed by atoms with E-state index in [1.807, 2.05) is 7.05 Å². The number of esters is 1. The molecule has 3 atom stereocenters. The molecule has 1 N–H and O–H groups in total. The highest BCUT2D eigenvalue weighted by atomic mass is 32.1. The molecule has 1 fully saturated rings. The van der Waals surface area contributed by atoms with Crippen molar-refractivity contribution >= 4 is 17.3 Å². The number of carbonyl (C=O) groups excluding carboxylic acids is 1. The van der Waals surface area contributed by atoms with Crippen LogP contribution in [0.3, 0.4) is 0 Å². The molecular formula is C14H21NO3S. The lowest BCUT2D eigenvalue weighted by Gasteiger charge is -2.26. The van der Waals surface area contributed by atoms with Crippen molar-refractivity contribution in [3.63, 3.8) is 0 Å². The largest absolute Gasteiger partial charge is 0.469 e. The number of hydrogen-bond acceptors (Lipinski definition) is 5. The number of methoxy groups -OCH3 is 1. The van der Waals surface area contributed by atoms with Crippen LogP contribution >= 0.6 is 11.3 Å². The number of ether oxygens (including phenoxy) is 1. The molecule has 1 aliphatic rings. The molecule has 0 unspecified atom stereocenters. The van der Waals surface area contributed by atoms with Gasteiger partial charge in [-0.05, 0) is 38.9 Å². The molecule has 1 saturated carbocycles. The zero-order chi connectivity index (χ0) is 14.0. The standard InChI is InChI=1S/C14H21NO3S/c1-9-4-5-11(19-9)8-15(2)12-6-10(7-13(12)16)14(17)18-3/h4-5,10,12-13,16H,6-8H2,1-3H3/t10-,12+,13+/m0/s1. The van der Waals surface area contributed by atoms with E-state index in [1.54, 1.807) is 11.3 Å². The average Bonchev–Trinajstić information content (AvgIpc) is 2.94. The van der Waals surface area contributed by atoms with Crippen molar-refractivity contribution in [1.82, 2.24) is 4.90 Å². The minimum Gasteiger partial charge on any atom is -0.469 e. The summed E-state index contributed by atoms with van der Waals surface area (Å²) in [4.78, 5) is 16.3. The van der Waals surface area contributed by atoms with Gasteiger partial charge < -0.3 is 9.84 Å². The van der Waals surface area contributed by atoms with Crippen LogP contribution in [0.4, 0.5) is 0 Å². The van der Waals surface area contributed by atoms with E-state index in [9.17, 15) is 9.90 Å². The van der Waals surface area contributed by atoms with E-state index < -0.39 is 6.10 Å². The molecule has 1 heterocycles. The first-order chi connectivity index (χ1) is 9.01. The van der Waals surface area contributed by atoms with Gasteiger partial charge in [-0.15, -0.1) is 11.3 Å². The molecule has 0 amide bonds. The van der Waals surface area contributed by atoms with E-state index >= 15 is 0 Å². The van der Waals surface area contributed by atoms with Crippen LogP contribution < -0.4 is 0 Å². The Hall–Kier alpha value is -0.910. The molecule has 1 aliphatic carbocycles. The van der Waals surface area contributed by atoms with Crippen LogP contribution in [0, 0.1) is 12.8 Å². The Morgan fingerprint density at radius 1 is 1.53 bits per heavy atom. The molecule has 0 bridgehead atoms. The Morgan fingerprint density at radius 2 is 2.26 bits per heavy atom. The molecule has 2 rings (SSSR count). The van der Waals surface area contributed by atoms with Gasteiger partial charge in [0.25, 0.3) is 0 Å². The minimum absolute atomic E-state index is 0.0338. The number of thiophene rings is 1. The molecule has 4 nitrogen and oxygen atoms in total. The molecule has 19 heavy (non-hydrogen) atoms. The summed E-state index contributed by atoms with van der Waals surface area (Å²) >= 11 is 1.77. The average molecular weight is 283 g/mol. The van der Waals surface area contributed by atoms with Crippen molar-refractivity contribution < 1.29 is 14.6 Å². The lowest BCUT2D eigenvalue weighted by atomic mass is 10.1. The Balaban J connectivity index is 1.96. The van der Waals surface area contributed by atoms with Crippen LogP contribution in [-0.4, -0.2) is 42.3 Å².